The maximum atomic E-state index is 5.98. The van der Waals surface area contributed by atoms with Gasteiger partial charge in [-0.1, -0.05) is 0 Å². The van der Waals surface area contributed by atoms with Crippen molar-refractivity contribution < 1.29 is 14.2 Å². The molecule has 0 bridgehead atoms. The second kappa shape index (κ2) is 13.3. The summed E-state index contributed by atoms with van der Waals surface area (Å²) in [5, 5.41) is 6.60. The number of nitrogens with zero attached hydrogens (tertiary/aromatic N) is 2. The van der Waals surface area contributed by atoms with Crippen LogP contribution in [0.5, 0.6) is 5.88 Å². The molecule has 27 heavy (non-hydrogen) atoms. The summed E-state index contributed by atoms with van der Waals surface area (Å²) < 4.78 is 16.4. The van der Waals surface area contributed by atoms with E-state index < -0.39 is 0 Å². The topological polar surface area (TPSA) is 77.0 Å². The van der Waals surface area contributed by atoms with Gasteiger partial charge in [0.15, 0.2) is 5.96 Å². The van der Waals surface area contributed by atoms with Crippen molar-refractivity contribution in [2.75, 3.05) is 40.0 Å². The van der Waals surface area contributed by atoms with E-state index in [4.69, 9.17) is 14.2 Å². The van der Waals surface area contributed by atoms with Gasteiger partial charge < -0.3 is 24.8 Å². The lowest BCUT2D eigenvalue weighted by Crippen LogP contribution is -2.38. The van der Waals surface area contributed by atoms with E-state index in [1.807, 2.05) is 12.1 Å². The van der Waals surface area contributed by atoms with Crippen molar-refractivity contribution >= 4 is 5.96 Å². The molecule has 152 valence electrons. The van der Waals surface area contributed by atoms with E-state index >= 15 is 0 Å². The summed E-state index contributed by atoms with van der Waals surface area (Å²) in [7, 11) is 1.68. The normalized spacial score (nSPS) is 15.1. The summed E-state index contributed by atoms with van der Waals surface area (Å²) in [6, 6.07) is 3.98. The van der Waals surface area contributed by atoms with Gasteiger partial charge in [-0.05, 0) is 50.7 Å². The van der Waals surface area contributed by atoms with Crippen LogP contribution in [-0.2, 0) is 16.0 Å². The van der Waals surface area contributed by atoms with Gasteiger partial charge in [-0.3, -0.25) is 0 Å². The summed E-state index contributed by atoms with van der Waals surface area (Å²) in [4.78, 5) is 8.99. The van der Waals surface area contributed by atoms with Crippen LogP contribution in [0.2, 0.25) is 0 Å². The first-order valence-corrected chi connectivity index (χ1v) is 10.0. The fourth-order valence-corrected chi connectivity index (χ4v) is 2.93. The van der Waals surface area contributed by atoms with Gasteiger partial charge >= 0.3 is 0 Å². The van der Waals surface area contributed by atoms with Crippen molar-refractivity contribution in [3.63, 3.8) is 0 Å². The third kappa shape index (κ3) is 9.06. The maximum absolute atomic E-state index is 5.98. The molecule has 0 saturated heterocycles. The number of hydrogen-bond donors (Lipinski definition) is 2. The molecule has 1 saturated carbocycles. The Morgan fingerprint density at radius 3 is 2.85 bits per heavy atom. The molecule has 0 unspecified atom stereocenters. The predicted molar refractivity (Wildman–Crippen MR) is 107 cm³/mol. The molecule has 0 spiro atoms. The van der Waals surface area contributed by atoms with Crippen molar-refractivity contribution in [2.45, 2.75) is 51.7 Å². The van der Waals surface area contributed by atoms with Crippen LogP contribution in [0.1, 0.15) is 44.6 Å². The highest BCUT2D eigenvalue weighted by atomic mass is 16.5. The van der Waals surface area contributed by atoms with Crippen molar-refractivity contribution in [3.8, 4) is 5.88 Å². The second-order valence-electron chi connectivity index (χ2n) is 6.61. The van der Waals surface area contributed by atoms with Gasteiger partial charge in [-0.2, -0.15) is 0 Å². The number of methoxy groups -OCH3 is 1. The van der Waals surface area contributed by atoms with E-state index in [0.29, 0.717) is 38.3 Å². The average molecular weight is 379 g/mol. The molecule has 1 aliphatic rings. The third-order valence-corrected chi connectivity index (χ3v) is 4.34. The monoisotopic (exact) mass is 378 g/mol. The Kier molecular flexibility index (Phi) is 10.6. The Morgan fingerprint density at radius 2 is 2.07 bits per heavy atom. The summed E-state index contributed by atoms with van der Waals surface area (Å²) in [5.74, 6) is 1.52. The molecule has 0 amide bonds. The number of aliphatic imine (C=N–C) groups is 1. The SMILES string of the molecule is CCNC(=NCc1ccnc(OC2CCCC2)c1)NCCCOCCOC. The number of ether oxygens (including phenoxy) is 3. The molecule has 0 aromatic carbocycles. The van der Waals surface area contributed by atoms with Gasteiger partial charge in [0, 0.05) is 39.1 Å². The molecule has 0 atom stereocenters. The van der Waals surface area contributed by atoms with Gasteiger partial charge in [0.1, 0.15) is 6.10 Å². The molecule has 1 aromatic rings. The van der Waals surface area contributed by atoms with E-state index in [2.05, 4.69) is 27.5 Å². The summed E-state index contributed by atoms with van der Waals surface area (Å²) in [6.45, 7) is 6.26. The Hall–Kier alpha value is -1.86. The van der Waals surface area contributed by atoms with E-state index in [9.17, 15) is 0 Å². The number of aromatic nitrogens is 1. The van der Waals surface area contributed by atoms with Gasteiger partial charge in [0.05, 0.1) is 19.8 Å². The maximum Gasteiger partial charge on any atom is 0.213 e. The predicted octanol–water partition coefficient (Wildman–Crippen LogP) is 2.51. The molecule has 1 fully saturated rings. The molecule has 2 N–H and O–H groups in total. The smallest absolute Gasteiger partial charge is 0.213 e. The minimum absolute atomic E-state index is 0.321. The van der Waals surface area contributed by atoms with Crippen LogP contribution in [0.4, 0.5) is 0 Å². The van der Waals surface area contributed by atoms with Crippen LogP contribution in [0.25, 0.3) is 0 Å². The van der Waals surface area contributed by atoms with Crippen LogP contribution in [0, 0.1) is 0 Å². The summed E-state index contributed by atoms with van der Waals surface area (Å²) >= 11 is 0. The average Bonchev–Trinajstić information content (AvgIpc) is 3.18. The van der Waals surface area contributed by atoms with Gasteiger partial charge in [0.25, 0.3) is 0 Å². The molecular formula is C20H34N4O3. The number of hydrogen-bond acceptors (Lipinski definition) is 5. The van der Waals surface area contributed by atoms with Crippen LogP contribution in [0.3, 0.4) is 0 Å². The minimum Gasteiger partial charge on any atom is -0.474 e. The summed E-state index contributed by atoms with van der Waals surface area (Å²) in [6.07, 6.45) is 7.81. The van der Waals surface area contributed by atoms with Crippen LogP contribution < -0.4 is 15.4 Å². The van der Waals surface area contributed by atoms with Crippen molar-refractivity contribution in [1.29, 1.82) is 0 Å². The third-order valence-electron chi connectivity index (χ3n) is 4.34. The standard InChI is InChI=1S/C20H34N4O3/c1-3-21-20(23-10-6-12-26-14-13-25-2)24-16-17-9-11-22-19(15-17)27-18-7-4-5-8-18/h9,11,15,18H,3-8,10,12-14,16H2,1-2H3,(H2,21,23,24). The zero-order valence-electron chi connectivity index (χ0n) is 16.7. The zero-order chi connectivity index (χ0) is 19.2. The number of rotatable bonds is 12. The Morgan fingerprint density at radius 1 is 1.22 bits per heavy atom. The molecule has 1 aliphatic carbocycles. The number of guanidine groups is 1. The second-order valence-corrected chi connectivity index (χ2v) is 6.61. The lowest BCUT2D eigenvalue weighted by molar-refractivity contribution is 0.0698. The molecule has 1 aromatic heterocycles. The lowest BCUT2D eigenvalue weighted by Gasteiger charge is -2.13. The molecule has 1 heterocycles. The molecular weight excluding hydrogens is 344 g/mol. The van der Waals surface area contributed by atoms with Gasteiger partial charge in [0.2, 0.25) is 5.88 Å². The fourth-order valence-electron chi connectivity index (χ4n) is 2.93. The first-order chi connectivity index (χ1) is 13.3. The van der Waals surface area contributed by atoms with Crippen molar-refractivity contribution in [1.82, 2.24) is 15.6 Å². The van der Waals surface area contributed by atoms with Gasteiger partial charge in [-0.15, -0.1) is 0 Å². The van der Waals surface area contributed by atoms with E-state index in [-0.39, 0.29) is 0 Å². The first-order valence-electron chi connectivity index (χ1n) is 10.0. The van der Waals surface area contributed by atoms with Gasteiger partial charge in [-0.25, -0.2) is 9.98 Å². The highest BCUT2D eigenvalue weighted by molar-refractivity contribution is 5.79. The largest absolute Gasteiger partial charge is 0.474 e. The number of pyridine rings is 1. The molecule has 0 radical (unpaired) electrons. The van der Waals surface area contributed by atoms with E-state index in [0.717, 1.165) is 43.9 Å². The first kappa shape index (κ1) is 21.4. The van der Waals surface area contributed by atoms with E-state index in [1.54, 1.807) is 13.3 Å². The Labute approximate surface area is 162 Å². The molecule has 2 rings (SSSR count). The highest BCUT2D eigenvalue weighted by Gasteiger charge is 2.16. The number of nitrogens with one attached hydrogen (secondary N) is 2. The van der Waals surface area contributed by atoms with Crippen LogP contribution in [-0.4, -0.2) is 57.1 Å². The highest BCUT2D eigenvalue weighted by Crippen LogP contribution is 2.23. The van der Waals surface area contributed by atoms with Crippen molar-refractivity contribution in [3.05, 3.63) is 23.9 Å². The van der Waals surface area contributed by atoms with Crippen LogP contribution in [0.15, 0.2) is 23.3 Å². The quantitative estimate of drug-likeness (QED) is 0.331. The Bertz CT molecular complexity index is 548. The molecule has 0 aliphatic heterocycles. The molecule has 7 heteroatoms. The van der Waals surface area contributed by atoms with Crippen molar-refractivity contribution in [2.24, 2.45) is 4.99 Å². The zero-order valence-corrected chi connectivity index (χ0v) is 16.7. The fraction of sp³-hybridized carbons (Fsp3) is 0.700. The Balaban J connectivity index is 1.75. The lowest BCUT2D eigenvalue weighted by atomic mass is 10.2. The minimum atomic E-state index is 0.321. The van der Waals surface area contributed by atoms with E-state index in [1.165, 1.54) is 12.8 Å². The van der Waals surface area contributed by atoms with Crippen LogP contribution >= 0.6 is 0 Å². The summed E-state index contributed by atoms with van der Waals surface area (Å²) in [5.41, 5.74) is 1.10. The molecule has 7 nitrogen and oxygen atoms in total.